The molecular formula is C20H14ClF5N2S. The van der Waals surface area contributed by atoms with Gasteiger partial charge >= 0.3 is 12.1 Å². The van der Waals surface area contributed by atoms with Crippen LogP contribution in [0.25, 0.3) is 11.1 Å². The minimum absolute atomic E-state index is 0.274. The van der Waals surface area contributed by atoms with E-state index >= 15 is 0 Å². The highest BCUT2D eigenvalue weighted by Crippen LogP contribution is 2.45. The summed E-state index contributed by atoms with van der Waals surface area (Å²) in [6.45, 7) is 0. The summed E-state index contributed by atoms with van der Waals surface area (Å²) < 4.78 is 67.8. The van der Waals surface area contributed by atoms with Crippen molar-refractivity contribution in [2.24, 2.45) is 7.05 Å². The average Bonchev–Trinajstić information content (AvgIpc) is 3.04. The molecule has 0 bridgehead atoms. The summed E-state index contributed by atoms with van der Waals surface area (Å²) in [4.78, 5) is -0.274. The van der Waals surface area contributed by atoms with Gasteiger partial charge in [-0.1, -0.05) is 60.2 Å². The average molecular weight is 445 g/mol. The second-order valence-corrected chi connectivity index (χ2v) is 7.18. The van der Waals surface area contributed by atoms with Crippen LogP contribution in [0.5, 0.6) is 0 Å². The molecule has 2 nitrogen and oxygen atoms in total. The van der Waals surface area contributed by atoms with Crippen LogP contribution in [-0.4, -0.2) is 15.7 Å². The van der Waals surface area contributed by atoms with E-state index in [4.69, 9.17) is 23.8 Å². The Bertz CT molecular complexity index is 1040. The van der Waals surface area contributed by atoms with E-state index in [-0.39, 0.29) is 4.99 Å². The molecule has 0 radical (unpaired) electrons. The fraction of sp³-hybridized carbons (Fsp3) is 0.150. The maximum atomic E-state index is 14.0. The maximum Gasteiger partial charge on any atom is 0.458 e. The van der Waals surface area contributed by atoms with Crippen LogP contribution in [0.3, 0.4) is 0 Å². The van der Waals surface area contributed by atoms with Gasteiger partial charge in [0.25, 0.3) is 0 Å². The number of nitrogens with zero attached hydrogens (tertiary/aromatic N) is 1. The van der Waals surface area contributed by atoms with E-state index in [0.29, 0.717) is 22.5 Å². The lowest BCUT2D eigenvalue weighted by Gasteiger charge is -2.21. The predicted octanol–water partition coefficient (Wildman–Crippen LogP) is 6.79. The van der Waals surface area contributed by atoms with Crippen LogP contribution in [0.4, 0.5) is 27.6 Å². The molecule has 1 N–H and O–H groups in total. The molecule has 152 valence electrons. The van der Waals surface area contributed by atoms with E-state index in [1.54, 1.807) is 12.1 Å². The lowest BCUT2D eigenvalue weighted by molar-refractivity contribution is -0.289. The van der Waals surface area contributed by atoms with Crippen molar-refractivity contribution in [3.8, 4) is 11.1 Å². The van der Waals surface area contributed by atoms with Crippen molar-refractivity contribution >= 4 is 34.5 Å². The molecule has 29 heavy (non-hydrogen) atoms. The predicted molar refractivity (Wildman–Crippen MR) is 108 cm³/mol. The highest BCUT2D eigenvalue weighted by Gasteiger charge is 2.60. The zero-order valence-electron chi connectivity index (χ0n) is 14.9. The van der Waals surface area contributed by atoms with Gasteiger partial charge in [0, 0.05) is 41.3 Å². The van der Waals surface area contributed by atoms with Gasteiger partial charge in [0.15, 0.2) is 0 Å². The molecule has 0 aliphatic carbocycles. The summed E-state index contributed by atoms with van der Waals surface area (Å²) in [6.07, 6.45) is -3.91. The first-order chi connectivity index (χ1) is 13.5. The summed E-state index contributed by atoms with van der Waals surface area (Å²) in [5.74, 6) is -5.05. The third-order valence-corrected chi connectivity index (χ3v) is 4.77. The molecule has 0 fully saturated rings. The van der Waals surface area contributed by atoms with E-state index < -0.39 is 23.2 Å². The molecule has 0 amide bonds. The van der Waals surface area contributed by atoms with Crippen LogP contribution in [0.2, 0.25) is 5.02 Å². The molecule has 0 aliphatic heterocycles. The topological polar surface area (TPSA) is 17.0 Å². The summed E-state index contributed by atoms with van der Waals surface area (Å²) in [5.41, 5.74) is 0.219. The van der Waals surface area contributed by atoms with Crippen LogP contribution < -0.4 is 5.32 Å². The van der Waals surface area contributed by atoms with Gasteiger partial charge in [0.1, 0.15) is 4.99 Å². The zero-order chi connectivity index (χ0) is 21.4. The Morgan fingerprint density at radius 3 is 2.28 bits per heavy atom. The van der Waals surface area contributed by atoms with Crippen molar-refractivity contribution in [2.45, 2.75) is 12.1 Å². The van der Waals surface area contributed by atoms with Gasteiger partial charge < -0.3 is 9.88 Å². The van der Waals surface area contributed by atoms with Gasteiger partial charge in [-0.05, 0) is 17.7 Å². The number of rotatable bonds is 4. The lowest BCUT2D eigenvalue weighted by Crippen LogP contribution is -2.35. The quantitative estimate of drug-likeness (QED) is 0.352. The molecule has 2 aromatic carbocycles. The van der Waals surface area contributed by atoms with Gasteiger partial charge in [-0.3, -0.25) is 0 Å². The monoisotopic (exact) mass is 444 g/mol. The SMILES string of the molecule is Cn1cc(C(=S)Nc2cc(Cl)ccc2-c2ccccc2)c(C(F)(F)C(F)(F)F)c1. The van der Waals surface area contributed by atoms with E-state index in [1.807, 2.05) is 30.3 Å². The maximum absolute atomic E-state index is 14.0. The number of hydrogen-bond acceptors (Lipinski definition) is 1. The van der Waals surface area contributed by atoms with E-state index in [2.05, 4.69) is 5.32 Å². The molecule has 0 aliphatic rings. The van der Waals surface area contributed by atoms with Crippen molar-refractivity contribution < 1.29 is 22.0 Å². The molecule has 9 heteroatoms. The molecular weight excluding hydrogens is 431 g/mol. The largest absolute Gasteiger partial charge is 0.458 e. The first kappa shape index (κ1) is 21.3. The van der Waals surface area contributed by atoms with Gasteiger partial charge in [-0.15, -0.1) is 0 Å². The van der Waals surface area contributed by atoms with E-state index in [1.165, 1.54) is 13.1 Å². The molecule has 0 saturated carbocycles. The Hall–Kier alpha value is -2.45. The minimum Gasteiger partial charge on any atom is -0.356 e. The highest BCUT2D eigenvalue weighted by molar-refractivity contribution is 7.81. The highest BCUT2D eigenvalue weighted by atomic mass is 35.5. The van der Waals surface area contributed by atoms with Gasteiger partial charge in [-0.2, -0.15) is 22.0 Å². The van der Waals surface area contributed by atoms with Crippen LogP contribution in [-0.2, 0) is 13.0 Å². The Balaban J connectivity index is 2.02. The fourth-order valence-electron chi connectivity index (χ4n) is 2.85. The normalized spacial score (nSPS) is 12.1. The number of nitrogens with one attached hydrogen (secondary N) is 1. The summed E-state index contributed by atoms with van der Waals surface area (Å²) >= 11 is 11.2. The number of aryl methyl sites for hydroxylation is 1. The van der Waals surface area contributed by atoms with Crippen LogP contribution >= 0.6 is 23.8 Å². The minimum atomic E-state index is -5.75. The van der Waals surface area contributed by atoms with Gasteiger partial charge in [0.05, 0.1) is 5.56 Å². The lowest BCUT2D eigenvalue weighted by atomic mass is 10.0. The van der Waals surface area contributed by atoms with Crippen molar-refractivity contribution in [1.29, 1.82) is 0 Å². The van der Waals surface area contributed by atoms with Gasteiger partial charge in [0.2, 0.25) is 0 Å². The second-order valence-electron chi connectivity index (χ2n) is 6.33. The molecule has 1 aromatic heterocycles. The number of hydrogen-bond donors (Lipinski definition) is 1. The van der Waals surface area contributed by atoms with E-state index in [0.717, 1.165) is 16.3 Å². The van der Waals surface area contributed by atoms with Crippen molar-refractivity contribution in [3.05, 3.63) is 77.1 Å². The molecule has 0 saturated heterocycles. The van der Waals surface area contributed by atoms with Crippen molar-refractivity contribution in [2.75, 3.05) is 5.32 Å². The van der Waals surface area contributed by atoms with Crippen LogP contribution in [0.1, 0.15) is 11.1 Å². The Kier molecular flexibility index (Phi) is 5.69. The first-order valence-electron chi connectivity index (χ1n) is 8.28. The third kappa shape index (κ3) is 4.28. The first-order valence-corrected chi connectivity index (χ1v) is 9.06. The van der Waals surface area contributed by atoms with Gasteiger partial charge in [-0.25, -0.2) is 0 Å². The zero-order valence-corrected chi connectivity index (χ0v) is 16.5. The summed E-state index contributed by atoms with van der Waals surface area (Å²) in [5, 5.41) is 3.13. The number of benzene rings is 2. The number of anilines is 1. The van der Waals surface area contributed by atoms with Crippen LogP contribution in [0.15, 0.2) is 60.9 Å². The number of thiocarbonyl (C=S) groups is 1. The van der Waals surface area contributed by atoms with Crippen LogP contribution in [0, 0.1) is 0 Å². The standard InChI is InChI=1S/C20H14ClF5N2S/c1-28-10-15(16(11-28)19(22,23)20(24,25)26)18(29)27-17-9-13(21)7-8-14(17)12-5-3-2-4-6-12/h2-11H,1H3,(H,27,29). The Labute approximate surface area is 173 Å². The van der Waals surface area contributed by atoms with E-state index in [9.17, 15) is 22.0 Å². The molecule has 0 unspecified atom stereocenters. The molecule has 1 heterocycles. The molecule has 3 aromatic rings. The van der Waals surface area contributed by atoms with Crippen molar-refractivity contribution in [3.63, 3.8) is 0 Å². The summed E-state index contributed by atoms with van der Waals surface area (Å²) in [6, 6.07) is 14.0. The number of alkyl halides is 5. The molecule has 0 spiro atoms. The fourth-order valence-corrected chi connectivity index (χ4v) is 3.29. The summed E-state index contributed by atoms with van der Waals surface area (Å²) in [7, 11) is 1.34. The molecule has 3 rings (SSSR count). The smallest absolute Gasteiger partial charge is 0.356 e. The Morgan fingerprint density at radius 1 is 1.00 bits per heavy atom. The second kappa shape index (κ2) is 7.76. The number of halogens is 6. The molecule has 0 atom stereocenters. The Morgan fingerprint density at radius 2 is 1.66 bits per heavy atom. The van der Waals surface area contributed by atoms with Crippen molar-refractivity contribution in [1.82, 2.24) is 4.57 Å². The third-order valence-electron chi connectivity index (χ3n) is 4.21. The number of aromatic nitrogens is 1.